The summed E-state index contributed by atoms with van der Waals surface area (Å²) in [7, 11) is 0. The number of nitrogens with two attached hydrogens (primary N) is 1. The fourth-order valence-electron chi connectivity index (χ4n) is 0.425. The van der Waals surface area contributed by atoms with Crippen LogP contribution >= 0.6 is 0 Å². The first-order chi connectivity index (χ1) is 3.79. The summed E-state index contributed by atoms with van der Waals surface area (Å²) in [5.41, 5.74) is 6.02. The average Bonchev–Trinajstić information content (AvgIpc) is 1.64. The lowest BCUT2D eigenvalue weighted by Crippen LogP contribution is -1.84. The monoisotopic (exact) mass is 129 g/mol. The topological polar surface area (TPSA) is 38.9 Å². The summed E-state index contributed by atoms with van der Waals surface area (Å²) in [4.78, 5) is 3.77. The van der Waals surface area contributed by atoms with Gasteiger partial charge in [-0.15, -0.1) is 0 Å². The van der Waals surface area contributed by atoms with Crippen LogP contribution in [0.4, 0.5) is 5.69 Å². The normalized spacial score (nSPS) is 9.12. The van der Waals surface area contributed by atoms with Crippen LogP contribution in [0.3, 0.4) is 0 Å². The van der Waals surface area contributed by atoms with Gasteiger partial charge >= 0.3 is 5.15 Å². The average molecular weight is 130 g/mol. The maximum absolute atomic E-state index is 5.35. The molecule has 0 saturated carbocycles. The second kappa shape index (κ2) is 2.01. The van der Waals surface area contributed by atoms with Gasteiger partial charge in [0.1, 0.15) is 0 Å². The number of rotatable bonds is 0. The molecule has 1 aromatic heterocycles. The lowest BCUT2D eigenvalue weighted by Gasteiger charge is -1.83. The number of nitrogen functional groups attached to an aromatic ring is 1. The highest BCUT2D eigenvalue weighted by Crippen LogP contribution is 2.00. The Kier molecular flexibility index (Phi) is 1.35. The van der Waals surface area contributed by atoms with E-state index in [-0.39, 0.29) is 0 Å². The Balaban J connectivity index is 3.08. The standard InChI is InChI=1S/C5H6ClN2/c6-5-3-4(7)1-2-8-5/h1-3,6H,(H2,7,8)/q+1. The van der Waals surface area contributed by atoms with Gasteiger partial charge in [0, 0.05) is 18.0 Å². The second-order valence-corrected chi connectivity index (χ2v) is 1.85. The van der Waals surface area contributed by atoms with Crippen molar-refractivity contribution in [3.8, 4) is 0 Å². The molecule has 0 unspecified atom stereocenters. The fraction of sp³-hybridized carbons (Fsp3) is 0. The molecule has 1 heterocycles. The molecule has 1 rings (SSSR count). The Hall–Kier alpha value is -0.760. The third-order valence-corrected chi connectivity index (χ3v) is 0.982. The summed E-state index contributed by atoms with van der Waals surface area (Å²) in [6, 6.07) is 3.35. The zero-order valence-corrected chi connectivity index (χ0v) is 4.98. The molecule has 0 aliphatic heterocycles. The van der Waals surface area contributed by atoms with Crippen molar-refractivity contribution in [2.24, 2.45) is 0 Å². The Morgan fingerprint density at radius 2 is 2.38 bits per heavy atom. The van der Waals surface area contributed by atoms with Gasteiger partial charge in [-0.1, -0.05) is 0 Å². The van der Waals surface area contributed by atoms with Crippen LogP contribution in [-0.2, 0) is 0 Å². The molecular formula is C5H6ClN2+. The minimum absolute atomic E-state index is 0.546. The first-order valence-corrected chi connectivity index (χ1v) is 2.58. The molecule has 8 heavy (non-hydrogen) atoms. The molecule has 42 valence electrons. The third kappa shape index (κ3) is 1.10. The van der Waals surface area contributed by atoms with Crippen molar-refractivity contribution in [1.29, 1.82) is 0 Å². The zero-order chi connectivity index (χ0) is 5.98. The summed E-state index contributed by atoms with van der Waals surface area (Å²) in [5, 5.41) is 0.546. The number of anilines is 1. The van der Waals surface area contributed by atoms with Gasteiger partial charge in [0.05, 0.1) is 0 Å². The van der Waals surface area contributed by atoms with Crippen molar-refractivity contribution in [2.45, 2.75) is 0 Å². The minimum atomic E-state index is 0.546. The quantitative estimate of drug-likeness (QED) is 0.514. The highest BCUT2D eigenvalue weighted by Gasteiger charge is 1.93. The Morgan fingerprint density at radius 3 is 2.75 bits per heavy atom. The molecule has 0 atom stereocenters. The van der Waals surface area contributed by atoms with Crippen molar-refractivity contribution < 1.29 is 11.6 Å². The van der Waals surface area contributed by atoms with E-state index in [2.05, 4.69) is 4.98 Å². The number of nitrogens with zero attached hydrogens (tertiary/aromatic N) is 1. The van der Waals surface area contributed by atoms with E-state index in [0.29, 0.717) is 10.8 Å². The van der Waals surface area contributed by atoms with Crippen molar-refractivity contribution >= 4 is 5.69 Å². The van der Waals surface area contributed by atoms with Gasteiger partial charge in [0.2, 0.25) is 0 Å². The molecule has 0 aliphatic carbocycles. The van der Waals surface area contributed by atoms with E-state index < -0.39 is 0 Å². The summed E-state index contributed by atoms with van der Waals surface area (Å²) in [6.45, 7) is 0. The van der Waals surface area contributed by atoms with Crippen molar-refractivity contribution in [1.82, 2.24) is 4.98 Å². The van der Waals surface area contributed by atoms with E-state index in [0.717, 1.165) is 0 Å². The van der Waals surface area contributed by atoms with Crippen LogP contribution in [0.25, 0.3) is 0 Å². The van der Waals surface area contributed by atoms with E-state index in [1.807, 2.05) is 0 Å². The van der Waals surface area contributed by atoms with Crippen molar-refractivity contribution in [2.75, 3.05) is 5.73 Å². The van der Waals surface area contributed by atoms with Gasteiger partial charge in [-0.25, -0.2) is 4.98 Å². The smallest absolute Gasteiger partial charge is 0.320 e. The highest BCUT2D eigenvalue weighted by molar-refractivity contribution is 5.35. The summed E-state index contributed by atoms with van der Waals surface area (Å²) in [5.74, 6) is 0. The molecule has 0 bridgehead atoms. The predicted octanol–water partition coefficient (Wildman–Crippen LogP) is 0.360. The van der Waals surface area contributed by atoms with Crippen LogP contribution in [0, 0.1) is 11.6 Å². The molecule has 3 heteroatoms. The predicted molar refractivity (Wildman–Crippen MR) is 29.2 cm³/mol. The molecule has 1 aromatic rings. The molecule has 2 nitrogen and oxygen atoms in total. The Labute approximate surface area is 52.3 Å². The molecule has 0 aliphatic rings. The first-order valence-electron chi connectivity index (χ1n) is 2.17. The van der Waals surface area contributed by atoms with Gasteiger partial charge in [0.25, 0.3) is 0 Å². The zero-order valence-electron chi connectivity index (χ0n) is 4.16. The summed E-state index contributed by atoms with van der Waals surface area (Å²) in [6.07, 6.45) is 1.59. The molecule has 0 amide bonds. The number of hydrogen-bond donors (Lipinski definition) is 1. The fourth-order valence-corrected chi connectivity index (χ4v) is 0.622. The van der Waals surface area contributed by atoms with Gasteiger partial charge in [-0.05, 0) is 6.07 Å². The third-order valence-electron chi connectivity index (χ3n) is 0.759. The molecule has 2 N–H and O–H groups in total. The van der Waals surface area contributed by atoms with Crippen LogP contribution in [-0.4, -0.2) is 4.98 Å². The maximum atomic E-state index is 5.35. The molecular weight excluding hydrogens is 124 g/mol. The number of hydrogen-bond acceptors (Lipinski definition) is 2. The van der Waals surface area contributed by atoms with E-state index >= 15 is 0 Å². The molecule has 0 spiro atoms. The summed E-state index contributed by atoms with van der Waals surface area (Å²) < 4.78 is 0. The first kappa shape index (κ1) is 5.38. The van der Waals surface area contributed by atoms with E-state index in [1.54, 1.807) is 18.3 Å². The van der Waals surface area contributed by atoms with Crippen LogP contribution in [0.5, 0.6) is 0 Å². The molecule has 0 fully saturated rings. The second-order valence-electron chi connectivity index (χ2n) is 1.43. The molecule has 0 saturated heterocycles. The van der Waals surface area contributed by atoms with Crippen LogP contribution in [0.2, 0.25) is 5.15 Å². The summed E-state index contributed by atoms with van der Waals surface area (Å²) >= 11 is 4.71. The minimum Gasteiger partial charge on any atom is -0.398 e. The van der Waals surface area contributed by atoms with Crippen molar-refractivity contribution in [3.05, 3.63) is 23.5 Å². The van der Waals surface area contributed by atoms with Crippen LogP contribution < -0.4 is 5.73 Å². The van der Waals surface area contributed by atoms with Gasteiger partial charge in [-0.3, -0.25) is 0 Å². The van der Waals surface area contributed by atoms with Crippen molar-refractivity contribution in [3.63, 3.8) is 0 Å². The number of halogens is 1. The Morgan fingerprint density at radius 1 is 1.62 bits per heavy atom. The number of aromatic nitrogens is 1. The van der Waals surface area contributed by atoms with Gasteiger partial charge in [0.15, 0.2) is 11.6 Å². The van der Waals surface area contributed by atoms with E-state index in [1.165, 1.54) is 0 Å². The van der Waals surface area contributed by atoms with Crippen LogP contribution in [0.15, 0.2) is 18.3 Å². The maximum Gasteiger partial charge on any atom is 0.320 e. The van der Waals surface area contributed by atoms with E-state index in [4.69, 9.17) is 17.3 Å². The van der Waals surface area contributed by atoms with Gasteiger partial charge < -0.3 is 5.73 Å². The highest BCUT2D eigenvalue weighted by atomic mass is 35.5. The lowest BCUT2D eigenvalue weighted by atomic mass is 10.4. The van der Waals surface area contributed by atoms with E-state index in [9.17, 15) is 0 Å². The SMILES string of the molecule is Nc1ccnc([ClH+])c1. The van der Waals surface area contributed by atoms with Gasteiger partial charge in [-0.2, -0.15) is 0 Å². The molecule has 0 aromatic carbocycles. The number of pyridine rings is 1. The largest absolute Gasteiger partial charge is 0.398 e. The lowest BCUT2D eigenvalue weighted by molar-refractivity contribution is -0.296. The Bertz CT molecular complexity index is 170. The molecule has 0 radical (unpaired) electrons. The van der Waals surface area contributed by atoms with Crippen LogP contribution in [0.1, 0.15) is 0 Å².